The lowest BCUT2D eigenvalue weighted by molar-refractivity contribution is 0.0696. The number of benzene rings is 2. The van der Waals surface area contributed by atoms with Gasteiger partial charge in [0.15, 0.2) is 0 Å². The molecule has 2 rings (SSSR count). The van der Waals surface area contributed by atoms with Crippen LogP contribution in [0.15, 0.2) is 42.5 Å². The van der Waals surface area contributed by atoms with Crippen LogP contribution in [0.4, 0.5) is 0 Å². The summed E-state index contributed by atoms with van der Waals surface area (Å²) in [6.07, 6.45) is 0.717. The number of hydrogen-bond acceptors (Lipinski definition) is 3. The topological polar surface area (TPSA) is 55.8 Å². The quantitative estimate of drug-likeness (QED) is 0.884. The van der Waals surface area contributed by atoms with Gasteiger partial charge in [0, 0.05) is 6.42 Å². The van der Waals surface area contributed by atoms with Crippen molar-refractivity contribution in [2.45, 2.75) is 6.42 Å². The van der Waals surface area contributed by atoms with Gasteiger partial charge >= 0.3 is 5.97 Å². The van der Waals surface area contributed by atoms with Crippen molar-refractivity contribution in [3.8, 4) is 11.5 Å². The van der Waals surface area contributed by atoms with E-state index in [-0.39, 0.29) is 10.6 Å². The molecule has 0 saturated carbocycles. The number of halogens is 1. The Bertz CT molecular complexity index is 623. The molecule has 0 aliphatic carbocycles. The van der Waals surface area contributed by atoms with Crippen LogP contribution in [0.25, 0.3) is 0 Å². The molecule has 0 fully saturated rings. The molecule has 4 nitrogen and oxygen atoms in total. The Hall–Kier alpha value is -2.20. The van der Waals surface area contributed by atoms with E-state index in [1.54, 1.807) is 13.2 Å². The summed E-state index contributed by atoms with van der Waals surface area (Å²) in [6.45, 7) is 0.451. The lowest BCUT2D eigenvalue weighted by atomic mass is 10.1. The number of carboxylic acid groups (broad SMARTS) is 1. The Morgan fingerprint density at radius 1 is 1.14 bits per heavy atom. The summed E-state index contributed by atoms with van der Waals surface area (Å²) >= 11 is 5.80. The van der Waals surface area contributed by atoms with Gasteiger partial charge in [-0.25, -0.2) is 4.79 Å². The highest BCUT2D eigenvalue weighted by Crippen LogP contribution is 2.22. The molecule has 0 saturated heterocycles. The maximum Gasteiger partial charge on any atom is 0.337 e. The van der Waals surface area contributed by atoms with E-state index in [4.69, 9.17) is 26.2 Å². The largest absolute Gasteiger partial charge is 0.497 e. The minimum atomic E-state index is -1.07. The lowest BCUT2D eigenvalue weighted by Crippen LogP contribution is -2.03. The molecule has 2 aromatic carbocycles. The fourth-order valence-corrected chi connectivity index (χ4v) is 2.04. The number of aromatic carboxylic acids is 1. The molecule has 0 spiro atoms. The summed E-state index contributed by atoms with van der Waals surface area (Å²) in [7, 11) is 1.62. The highest BCUT2D eigenvalue weighted by atomic mass is 35.5. The van der Waals surface area contributed by atoms with Crippen LogP contribution in [0, 0.1) is 0 Å². The molecular formula is C16H15ClO4. The molecule has 0 aliphatic rings. The molecule has 0 aliphatic heterocycles. The van der Waals surface area contributed by atoms with Crippen LogP contribution in [-0.4, -0.2) is 24.8 Å². The van der Waals surface area contributed by atoms with E-state index >= 15 is 0 Å². The zero-order chi connectivity index (χ0) is 15.2. The van der Waals surface area contributed by atoms with Crippen molar-refractivity contribution in [1.82, 2.24) is 0 Å². The number of carboxylic acids is 1. The Labute approximate surface area is 127 Å². The minimum Gasteiger partial charge on any atom is -0.497 e. The second-order valence-corrected chi connectivity index (χ2v) is 4.80. The van der Waals surface area contributed by atoms with Gasteiger partial charge in [-0.1, -0.05) is 23.7 Å². The number of rotatable bonds is 6. The van der Waals surface area contributed by atoms with E-state index in [0.29, 0.717) is 12.4 Å². The van der Waals surface area contributed by atoms with Gasteiger partial charge in [0.2, 0.25) is 0 Å². The van der Waals surface area contributed by atoms with Gasteiger partial charge in [-0.15, -0.1) is 0 Å². The van der Waals surface area contributed by atoms with E-state index in [1.807, 2.05) is 24.3 Å². The summed E-state index contributed by atoms with van der Waals surface area (Å²) in [4.78, 5) is 11.0. The van der Waals surface area contributed by atoms with Gasteiger partial charge in [-0.2, -0.15) is 0 Å². The average molecular weight is 307 g/mol. The first-order valence-corrected chi connectivity index (χ1v) is 6.76. The summed E-state index contributed by atoms with van der Waals surface area (Å²) in [6, 6.07) is 12.3. The third-order valence-corrected chi connectivity index (χ3v) is 3.32. The second kappa shape index (κ2) is 6.99. The van der Waals surface area contributed by atoms with Crippen molar-refractivity contribution < 1.29 is 19.4 Å². The number of carbonyl (C=O) groups is 1. The van der Waals surface area contributed by atoms with Crippen LogP contribution in [0.3, 0.4) is 0 Å². The van der Waals surface area contributed by atoms with Crippen molar-refractivity contribution in [3.63, 3.8) is 0 Å². The maximum absolute atomic E-state index is 11.0. The lowest BCUT2D eigenvalue weighted by Gasteiger charge is -2.08. The summed E-state index contributed by atoms with van der Waals surface area (Å²) in [5.74, 6) is 0.231. The summed E-state index contributed by atoms with van der Waals surface area (Å²) in [5, 5.41) is 9.19. The SMILES string of the molecule is COc1ccc(CCOc2ccc(Cl)c(C(=O)O)c2)cc1. The Balaban J connectivity index is 1.93. The Morgan fingerprint density at radius 2 is 1.81 bits per heavy atom. The van der Waals surface area contributed by atoms with Gasteiger partial charge in [0.25, 0.3) is 0 Å². The normalized spacial score (nSPS) is 10.2. The van der Waals surface area contributed by atoms with Gasteiger partial charge in [-0.3, -0.25) is 0 Å². The second-order valence-electron chi connectivity index (χ2n) is 4.39. The third kappa shape index (κ3) is 4.13. The predicted molar refractivity (Wildman–Crippen MR) is 80.6 cm³/mol. The summed E-state index contributed by atoms with van der Waals surface area (Å²) < 4.78 is 10.6. The van der Waals surface area contributed by atoms with Crippen molar-refractivity contribution in [2.75, 3.05) is 13.7 Å². The smallest absolute Gasteiger partial charge is 0.337 e. The van der Waals surface area contributed by atoms with Crippen LogP contribution in [0.1, 0.15) is 15.9 Å². The number of methoxy groups -OCH3 is 1. The van der Waals surface area contributed by atoms with Crippen molar-refractivity contribution >= 4 is 17.6 Å². The third-order valence-electron chi connectivity index (χ3n) is 2.99. The molecule has 2 aromatic rings. The van der Waals surface area contributed by atoms with Gasteiger partial charge in [0.1, 0.15) is 11.5 Å². The Kier molecular flexibility index (Phi) is 5.06. The van der Waals surface area contributed by atoms with E-state index < -0.39 is 5.97 Å². The average Bonchev–Trinajstić information content (AvgIpc) is 2.49. The molecule has 0 bridgehead atoms. The molecule has 21 heavy (non-hydrogen) atoms. The van der Waals surface area contributed by atoms with Crippen molar-refractivity contribution in [1.29, 1.82) is 0 Å². The summed E-state index contributed by atoms with van der Waals surface area (Å²) in [5.41, 5.74) is 1.15. The molecule has 0 unspecified atom stereocenters. The molecular weight excluding hydrogens is 292 g/mol. The number of ether oxygens (including phenoxy) is 2. The first-order chi connectivity index (χ1) is 10.1. The van der Waals surface area contributed by atoms with Crippen LogP contribution in [-0.2, 0) is 6.42 Å². The van der Waals surface area contributed by atoms with E-state index in [2.05, 4.69) is 0 Å². The van der Waals surface area contributed by atoms with Crippen LogP contribution < -0.4 is 9.47 Å². The molecule has 110 valence electrons. The zero-order valence-electron chi connectivity index (χ0n) is 11.5. The molecule has 0 amide bonds. The molecule has 0 atom stereocenters. The molecule has 0 heterocycles. The van der Waals surface area contributed by atoms with Crippen LogP contribution in [0.2, 0.25) is 5.02 Å². The highest BCUT2D eigenvalue weighted by molar-refractivity contribution is 6.33. The molecule has 5 heteroatoms. The first kappa shape index (κ1) is 15.2. The zero-order valence-corrected chi connectivity index (χ0v) is 12.3. The molecule has 0 radical (unpaired) electrons. The standard InChI is InChI=1S/C16H15ClO4/c1-20-12-4-2-11(3-5-12)8-9-21-13-6-7-15(17)14(10-13)16(18)19/h2-7,10H,8-9H2,1H3,(H,18,19). The fraction of sp³-hybridized carbons (Fsp3) is 0.188. The Morgan fingerprint density at radius 3 is 2.43 bits per heavy atom. The van der Waals surface area contributed by atoms with Crippen LogP contribution >= 0.6 is 11.6 Å². The van der Waals surface area contributed by atoms with E-state index in [1.165, 1.54) is 12.1 Å². The molecule has 0 aromatic heterocycles. The van der Waals surface area contributed by atoms with E-state index in [9.17, 15) is 4.79 Å². The van der Waals surface area contributed by atoms with Crippen LogP contribution in [0.5, 0.6) is 11.5 Å². The monoisotopic (exact) mass is 306 g/mol. The number of hydrogen-bond donors (Lipinski definition) is 1. The first-order valence-electron chi connectivity index (χ1n) is 6.38. The van der Waals surface area contributed by atoms with Gasteiger partial charge < -0.3 is 14.6 Å². The molecule has 1 N–H and O–H groups in total. The predicted octanol–water partition coefficient (Wildman–Crippen LogP) is 3.67. The van der Waals surface area contributed by atoms with Gasteiger partial charge in [-0.05, 0) is 35.9 Å². The van der Waals surface area contributed by atoms with E-state index in [0.717, 1.165) is 17.7 Å². The minimum absolute atomic E-state index is 0.0404. The van der Waals surface area contributed by atoms with Crippen molar-refractivity contribution in [3.05, 3.63) is 58.6 Å². The highest BCUT2D eigenvalue weighted by Gasteiger charge is 2.09. The maximum atomic E-state index is 11.0. The van der Waals surface area contributed by atoms with Crippen molar-refractivity contribution in [2.24, 2.45) is 0 Å². The van der Waals surface area contributed by atoms with Gasteiger partial charge in [0.05, 0.1) is 24.3 Å². The fourth-order valence-electron chi connectivity index (χ4n) is 1.84.